The molecule has 0 aliphatic carbocycles. The Bertz CT molecular complexity index is 722. The lowest BCUT2D eigenvalue weighted by Crippen LogP contribution is -2.29. The van der Waals surface area contributed by atoms with Crippen LogP contribution in [0.2, 0.25) is 0 Å². The van der Waals surface area contributed by atoms with Crippen molar-refractivity contribution in [2.75, 3.05) is 18.0 Å². The van der Waals surface area contributed by atoms with Crippen LogP contribution < -0.4 is 10.2 Å². The summed E-state index contributed by atoms with van der Waals surface area (Å²) in [4.78, 5) is 24.2. The highest BCUT2D eigenvalue weighted by atomic mass is 16.1. The molecule has 2 aromatic rings. The predicted molar refractivity (Wildman–Crippen MR) is 104 cm³/mol. The van der Waals surface area contributed by atoms with Crippen LogP contribution in [0.3, 0.4) is 0 Å². The number of anilines is 1. The maximum absolute atomic E-state index is 12.7. The van der Waals surface area contributed by atoms with Crippen molar-refractivity contribution in [3.8, 4) is 0 Å². The molecule has 1 aromatic heterocycles. The maximum atomic E-state index is 12.7. The van der Waals surface area contributed by atoms with Gasteiger partial charge in [0.25, 0.3) is 5.91 Å². The smallest absolute Gasteiger partial charge is 0.270 e. The average Bonchev–Trinajstić information content (AvgIpc) is 2.96. The Kier molecular flexibility index (Phi) is 6.21. The average molecular weight is 352 g/mol. The van der Waals surface area contributed by atoms with E-state index in [0.717, 1.165) is 37.2 Å². The maximum Gasteiger partial charge on any atom is 0.270 e. The lowest BCUT2D eigenvalue weighted by atomic mass is 10.1. The van der Waals surface area contributed by atoms with E-state index in [2.05, 4.69) is 29.0 Å². The Hall–Kier alpha value is -2.43. The van der Waals surface area contributed by atoms with Gasteiger partial charge in [-0.05, 0) is 30.4 Å². The first-order valence-corrected chi connectivity index (χ1v) is 9.59. The van der Waals surface area contributed by atoms with Crippen molar-refractivity contribution in [2.45, 2.75) is 52.0 Å². The van der Waals surface area contributed by atoms with Gasteiger partial charge in [-0.1, -0.05) is 57.0 Å². The molecule has 0 unspecified atom stereocenters. The molecule has 1 saturated heterocycles. The van der Waals surface area contributed by atoms with Gasteiger partial charge in [0.1, 0.15) is 5.69 Å². The van der Waals surface area contributed by atoms with Gasteiger partial charge in [-0.3, -0.25) is 4.79 Å². The number of aromatic nitrogens is 2. The summed E-state index contributed by atoms with van der Waals surface area (Å²) in [5.41, 5.74) is 2.45. The second kappa shape index (κ2) is 8.79. The summed E-state index contributed by atoms with van der Waals surface area (Å²) in [6, 6.07) is 11.7. The third kappa shape index (κ3) is 4.81. The lowest BCUT2D eigenvalue weighted by Gasteiger charge is -2.22. The first-order chi connectivity index (χ1) is 12.6. The summed E-state index contributed by atoms with van der Waals surface area (Å²) in [6.45, 7) is 6.62. The van der Waals surface area contributed by atoms with Crippen LogP contribution in [-0.4, -0.2) is 29.0 Å². The van der Waals surface area contributed by atoms with Gasteiger partial charge in [0.15, 0.2) is 0 Å². The van der Waals surface area contributed by atoms with Crippen molar-refractivity contribution in [1.29, 1.82) is 0 Å². The molecule has 0 spiro atoms. The lowest BCUT2D eigenvalue weighted by molar-refractivity contribution is 0.0945. The number of carbonyl (C=O) groups is 1. The molecule has 1 N–H and O–H groups in total. The third-order valence-corrected chi connectivity index (χ3v) is 4.74. The number of nitrogens with one attached hydrogen (secondary N) is 1. The molecule has 1 aromatic carbocycles. The van der Waals surface area contributed by atoms with E-state index >= 15 is 0 Å². The van der Waals surface area contributed by atoms with Crippen molar-refractivity contribution >= 4 is 11.9 Å². The molecule has 1 amide bonds. The first-order valence-electron chi connectivity index (χ1n) is 9.59. The molecular weight excluding hydrogens is 324 g/mol. The molecule has 1 fully saturated rings. The van der Waals surface area contributed by atoms with E-state index in [-0.39, 0.29) is 11.8 Å². The minimum absolute atomic E-state index is 0.144. The summed E-state index contributed by atoms with van der Waals surface area (Å²) in [5.74, 6) is 0.807. The standard InChI is InChI=1S/C21H28N4O/c1-16(2)18-14-19(20(26)22-15-17-10-6-5-7-11-17)24-21(23-18)25-12-8-3-4-9-13-25/h5-7,10-11,14,16H,3-4,8-9,12-13,15H2,1-2H3,(H,22,26). The Morgan fingerprint density at radius 1 is 1.08 bits per heavy atom. The van der Waals surface area contributed by atoms with Crippen LogP contribution in [0, 0.1) is 0 Å². The van der Waals surface area contributed by atoms with Gasteiger partial charge in [0.05, 0.1) is 0 Å². The summed E-state index contributed by atoms with van der Waals surface area (Å²) in [5, 5.41) is 2.98. The van der Waals surface area contributed by atoms with Crippen LogP contribution >= 0.6 is 0 Å². The van der Waals surface area contributed by atoms with E-state index in [4.69, 9.17) is 4.98 Å². The van der Waals surface area contributed by atoms with E-state index in [0.29, 0.717) is 18.2 Å². The quantitative estimate of drug-likeness (QED) is 0.886. The monoisotopic (exact) mass is 352 g/mol. The van der Waals surface area contributed by atoms with Gasteiger partial charge >= 0.3 is 0 Å². The van der Waals surface area contributed by atoms with Gasteiger partial charge < -0.3 is 10.2 Å². The van der Waals surface area contributed by atoms with Crippen molar-refractivity contribution in [3.63, 3.8) is 0 Å². The molecule has 1 aliphatic rings. The van der Waals surface area contributed by atoms with Crippen molar-refractivity contribution in [3.05, 3.63) is 53.3 Å². The topological polar surface area (TPSA) is 58.1 Å². The van der Waals surface area contributed by atoms with Gasteiger partial charge in [0, 0.05) is 25.3 Å². The molecule has 138 valence electrons. The SMILES string of the molecule is CC(C)c1cc(C(=O)NCc2ccccc2)nc(N2CCCCCC2)n1. The second-order valence-corrected chi connectivity index (χ2v) is 7.20. The molecule has 2 heterocycles. The largest absolute Gasteiger partial charge is 0.347 e. The van der Waals surface area contributed by atoms with E-state index in [1.165, 1.54) is 12.8 Å². The highest BCUT2D eigenvalue weighted by Crippen LogP contribution is 2.20. The highest BCUT2D eigenvalue weighted by molar-refractivity contribution is 5.92. The van der Waals surface area contributed by atoms with Gasteiger partial charge in [0.2, 0.25) is 5.95 Å². The summed E-state index contributed by atoms with van der Waals surface area (Å²) < 4.78 is 0. The predicted octanol–water partition coefficient (Wildman–Crippen LogP) is 3.91. The normalized spacial score (nSPS) is 15.0. The van der Waals surface area contributed by atoms with Crippen LogP contribution in [0.5, 0.6) is 0 Å². The van der Waals surface area contributed by atoms with Crippen LogP contribution in [0.4, 0.5) is 5.95 Å². The number of amides is 1. The summed E-state index contributed by atoms with van der Waals surface area (Å²) in [6.07, 6.45) is 4.82. The molecule has 0 bridgehead atoms. The Labute approximate surface area is 155 Å². The van der Waals surface area contributed by atoms with Crippen molar-refractivity contribution in [2.24, 2.45) is 0 Å². The summed E-state index contributed by atoms with van der Waals surface area (Å²) in [7, 11) is 0. The van der Waals surface area contributed by atoms with E-state index in [1.807, 2.05) is 36.4 Å². The van der Waals surface area contributed by atoms with Gasteiger partial charge in [-0.2, -0.15) is 0 Å². The van der Waals surface area contributed by atoms with Crippen LogP contribution in [-0.2, 0) is 6.54 Å². The molecule has 0 radical (unpaired) electrons. The highest BCUT2D eigenvalue weighted by Gasteiger charge is 2.18. The molecular formula is C21H28N4O. The number of hydrogen-bond acceptors (Lipinski definition) is 4. The number of nitrogens with zero attached hydrogens (tertiary/aromatic N) is 3. The number of carbonyl (C=O) groups excluding carboxylic acids is 1. The second-order valence-electron chi connectivity index (χ2n) is 7.20. The van der Waals surface area contributed by atoms with Crippen LogP contribution in [0.15, 0.2) is 36.4 Å². The number of rotatable bonds is 5. The van der Waals surface area contributed by atoms with Crippen LogP contribution in [0.25, 0.3) is 0 Å². The number of benzene rings is 1. The van der Waals surface area contributed by atoms with Gasteiger partial charge in [-0.25, -0.2) is 9.97 Å². The van der Waals surface area contributed by atoms with Crippen LogP contribution in [0.1, 0.15) is 67.2 Å². The molecule has 5 nitrogen and oxygen atoms in total. The Balaban J connectivity index is 1.79. The fraction of sp³-hybridized carbons (Fsp3) is 0.476. The molecule has 0 saturated carbocycles. The van der Waals surface area contributed by atoms with E-state index in [1.54, 1.807) is 0 Å². The number of hydrogen-bond donors (Lipinski definition) is 1. The minimum Gasteiger partial charge on any atom is -0.347 e. The fourth-order valence-electron chi connectivity index (χ4n) is 3.15. The molecule has 5 heteroatoms. The molecule has 1 aliphatic heterocycles. The van der Waals surface area contributed by atoms with E-state index in [9.17, 15) is 4.79 Å². The zero-order valence-corrected chi connectivity index (χ0v) is 15.7. The van der Waals surface area contributed by atoms with Crippen molar-refractivity contribution in [1.82, 2.24) is 15.3 Å². The van der Waals surface area contributed by atoms with E-state index < -0.39 is 0 Å². The fourth-order valence-corrected chi connectivity index (χ4v) is 3.15. The molecule has 0 atom stereocenters. The first kappa shape index (κ1) is 18.4. The zero-order chi connectivity index (χ0) is 18.4. The molecule has 26 heavy (non-hydrogen) atoms. The molecule has 3 rings (SSSR count). The van der Waals surface area contributed by atoms with Gasteiger partial charge in [-0.15, -0.1) is 0 Å². The van der Waals surface area contributed by atoms with Crippen molar-refractivity contribution < 1.29 is 4.79 Å². The Morgan fingerprint density at radius 3 is 2.42 bits per heavy atom. The zero-order valence-electron chi connectivity index (χ0n) is 15.7. The Morgan fingerprint density at radius 2 is 1.77 bits per heavy atom. The summed E-state index contributed by atoms with van der Waals surface area (Å²) >= 11 is 0. The minimum atomic E-state index is -0.144. The third-order valence-electron chi connectivity index (χ3n) is 4.74.